The molecule has 4 rings (SSSR count). The van der Waals surface area contributed by atoms with Crippen LogP contribution >= 0.6 is 0 Å². The molecule has 8 heteroatoms. The molecule has 1 aliphatic carbocycles. The Kier molecular flexibility index (Phi) is 11.2. The molecule has 2 amide bonds. The number of hydrogen-bond acceptors (Lipinski definition) is 5. The molecule has 224 valence electrons. The van der Waals surface area contributed by atoms with Crippen molar-refractivity contribution in [3.05, 3.63) is 65.0 Å². The topological polar surface area (TPSA) is 99.7 Å². The lowest BCUT2D eigenvalue weighted by atomic mass is 9.98. The molecule has 2 aromatic rings. The molecule has 1 aliphatic heterocycles. The predicted octanol–water partition coefficient (Wildman–Crippen LogP) is 4.54. The van der Waals surface area contributed by atoms with Crippen LogP contribution in [0.25, 0.3) is 0 Å². The quantitative estimate of drug-likeness (QED) is 0.375. The number of amides is 2. The molecule has 0 aromatic heterocycles. The molecule has 3 unspecified atom stereocenters. The van der Waals surface area contributed by atoms with Crippen LogP contribution in [-0.2, 0) is 28.0 Å². The predicted molar refractivity (Wildman–Crippen MR) is 158 cm³/mol. The van der Waals surface area contributed by atoms with Crippen LogP contribution in [0.2, 0.25) is 0 Å². The van der Waals surface area contributed by atoms with Gasteiger partial charge in [-0.3, -0.25) is 9.59 Å². The van der Waals surface area contributed by atoms with Gasteiger partial charge in [-0.25, -0.2) is 4.39 Å². The average molecular weight is 568 g/mol. The Balaban J connectivity index is 1.50. The van der Waals surface area contributed by atoms with E-state index in [-0.39, 0.29) is 49.1 Å². The van der Waals surface area contributed by atoms with E-state index in [0.29, 0.717) is 30.9 Å². The molecule has 41 heavy (non-hydrogen) atoms. The van der Waals surface area contributed by atoms with Crippen molar-refractivity contribution in [2.24, 2.45) is 5.92 Å². The van der Waals surface area contributed by atoms with E-state index >= 15 is 0 Å². The number of hydrogen-bond donors (Lipinski definition) is 4. The summed E-state index contributed by atoms with van der Waals surface area (Å²) in [7, 11) is 0. The largest absolute Gasteiger partial charge is 0.493 e. The number of carbonyl (C=O) groups excluding carboxylic acids is 2. The minimum absolute atomic E-state index is 0.0744. The first-order valence-electron chi connectivity index (χ1n) is 15.3. The van der Waals surface area contributed by atoms with Crippen molar-refractivity contribution >= 4 is 11.8 Å². The van der Waals surface area contributed by atoms with Gasteiger partial charge in [0.15, 0.2) is 0 Å². The van der Waals surface area contributed by atoms with Crippen molar-refractivity contribution in [3.63, 3.8) is 0 Å². The van der Waals surface area contributed by atoms with Crippen LogP contribution in [0.4, 0.5) is 4.39 Å². The Bertz CT molecular complexity index is 1170. The third-order valence-electron chi connectivity index (χ3n) is 8.35. The van der Waals surface area contributed by atoms with E-state index in [9.17, 15) is 19.1 Å². The lowest BCUT2D eigenvalue weighted by Crippen LogP contribution is -2.50. The van der Waals surface area contributed by atoms with E-state index in [0.717, 1.165) is 38.5 Å². The average Bonchev–Trinajstić information content (AvgIpc) is 3.75. The summed E-state index contributed by atoms with van der Waals surface area (Å²) in [6, 6.07) is 12.5. The lowest BCUT2D eigenvalue weighted by molar-refractivity contribution is -0.123. The minimum atomic E-state index is -0.905. The SMILES string of the molecule is CCCC1CCNC(=O)CCCC(=O)NC(C(O)CNC2(c3cccc(CC)c3)CC2)Cc2cc(F)cc(c2)OC1. The smallest absolute Gasteiger partial charge is 0.220 e. The van der Waals surface area contributed by atoms with Crippen LogP contribution in [0, 0.1) is 11.7 Å². The van der Waals surface area contributed by atoms with Crippen molar-refractivity contribution in [1.29, 1.82) is 0 Å². The number of benzene rings is 2. The summed E-state index contributed by atoms with van der Waals surface area (Å²) in [6.07, 6.45) is 5.83. The van der Waals surface area contributed by atoms with Crippen LogP contribution < -0.4 is 20.7 Å². The van der Waals surface area contributed by atoms with Gasteiger partial charge >= 0.3 is 0 Å². The molecule has 1 saturated carbocycles. The van der Waals surface area contributed by atoms with Crippen LogP contribution in [0.1, 0.15) is 81.9 Å². The molecule has 0 spiro atoms. The summed E-state index contributed by atoms with van der Waals surface area (Å²) in [5.41, 5.74) is 2.97. The summed E-state index contributed by atoms with van der Waals surface area (Å²) in [5.74, 6) is -0.0621. The molecule has 0 saturated heterocycles. The van der Waals surface area contributed by atoms with E-state index < -0.39 is 18.0 Å². The molecule has 1 heterocycles. The standard InChI is InChI=1S/C33H46FN3O4/c1-3-7-24-12-15-35-31(39)10-6-11-32(40)37-29(19-25-17-27(34)20-28(18-25)41-22-24)30(38)21-36-33(13-14-33)26-9-5-8-23(4-2)16-26/h5,8-9,16-18,20,24,29-30,36,38H,3-4,6-7,10-15,19,21-22H2,1-2H3,(H,35,39)(H,37,40). The highest BCUT2D eigenvalue weighted by molar-refractivity contribution is 5.79. The Hall–Kier alpha value is -2.97. The Morgan fingerprint density at radius 3 is 2.68 bits per heavy atom. The van der Waals surface area contributed by atoms with E-state index in [1.807, 2.05) is 0 Å². The first-order valence-corrected chi connectivity index (χ1v) is 15.3. The van der Waals surface area contributed by atoms with Crippen LogP contribution in [0.5, 0.6) is 5.75 Å². The molecule has 4 N–H and O–H groups in total. The second-order valence-electron chi connectivity index (χ2n) is 11.7. The van der Waals surface area contributed by atoms with Crippen molar-refractivity contribution < 1.29 is 23.8 Å². The molecular weight excluding hydrogens is 521 g/mol. The maximum atomic E-state index is 14.7. The van der Waals surface area contributed by atoms with Gasteiger partial charge in [0.25, 0.3) is 0 Å². The van der Waals surface area contributed by atoms with Gasteiger partial charge in [0.05, 0.1) is 18.8 Å². The number of aryl methyl sites for hydroxylation is 1. The summed E-state index contributed by atoms with van der Waals surface area (Å²) < 4.78 is 20.7. The maximum absolute atomic E-state index is 14.7. The Labute approximate surface area is 243 Å². The van der Waals surface area contributed by atoms with E-state index in [1.54, 1.807) is 6.07 Å². The maximum Gasteiger partial charge on any atom is 0.220 e. The lowest BCUT2D eigenvalue weighted by Gasteiger charge is -2.27. The first-order chi connectivity index (χ1) is 19.8. The summed E-state index contributed by atoms with van der Waals surface area (Å²) in [4.78, 5) is 25.2. The number of aliphatic hydroxyl groups is 1. The number of carbonyl (C=O) groups is 2. The highest BCUT2D eigenvalue weighted by Crippen LogP contribution is 2.45. The van der Waals surface area contributed by atoms with Gasteiger partial charge in [-0.15, -0.1) is 0 Å². The van der Waals surface area contributed by atoms with E-state index in [2.05, 4.69) is 54.1 Å². The second-order valence-corrected chi connectivity index (χ2v) is 11.7. The molecular formula is C33H46FN3O4. The van der Waals surface area contributed by atoms with Gasteiger partial charge in [0.1, 0.15) is 11.6 Å². The van der Waals surface area contributed by atoms with Crippen LogP contribution in [0.15, 0.2) is 42.5 Å². The Morgan fingerprint density at radius 2 is 1.93 bits per heavy atom. The molecule has 3 atom stereocenters. The van der Waals surface area contributed by atoms with Crippen molar-refractivity contribution in [1.82, 2.24) is 16.0 Å². The molecule has 2 aromatic carbocycles. The van der Waals surface area contributed by atoms with Gasteiger partial charge in [0, 0.05) is 37.5 Å². The minimum Gasteiger partial charge on any atom is -0.493 e. The fraction of sp³-hybridized carbons (Fsp3) is 0.576. The van der Waals surface area contributed by atoms with Gasteiger partial charge < -0.3 is 25.8 Å². The van der Waals surface area contributed by atoms with Gasteiger partial charge in [0.2, 0.25) is 11.8 Å². The van der Waals surface area contributed by atoms with Crippen molar-refractivity contribution in [2.45, 2.75) is 95.7 Å². The molecule has 0 radical (unpaired) electrons. The highest BCUT2D eigenvalue weighted by Gasteiger charge is 2.44. The number of fused-ring (bicyclic) bond motifs is 2. The summed E-state index contributed by atoms with van der Waals surface area (Å²) >= 11 is 0. The number of aliphatic hydroxyl groups excluding tert-OH is 1. The molecule has 2 bridgehead atoms. The second kappa shape index (κ2) is 14.8. The third-order valence-corrected chi connectivity index (χ3v) is 8.35. The van der Waals surface area contributed by atoms with E-state index in [4.69, 9.17) is 4.74 Å². The monoisotopic (exact) mass is 567 g/mol. The van der Waals surface area contributed by atoms with E-state index in [1.165, 1.54) is 23.3 Å². The summed E-state index contributed by atoms with van der Waals surface area (Å²) in [5, 5.41) is 20.8. The zero-order valence-electron chi connectivity index (χ0n) is 24.5. The fourth-order valence-corrected chi connectivity index (χ4v) is 5.71. The number of nitrogens with one attached hydrogen (secondary N) is 3. The fourth-order valence-electron chi connectivity index (χ4n) is 5.71. The highest BCUT2D eigenvalue weighted by atomic mass is 19.1. The zero-order chi connectivity index (χ0) is 29.2. The summed E-state index contributed by atoms with van der Waals surface area (Å²) in [6.45, 7) is 5.50. The van der Waals surface area contributed by atoms with Crippen molar-refractivity contribution in [2.75, 3.05) is 19.7 Å². The molecule has 7 nitrogen and oxygen atoms in total. The Morgan fingerprint density at radius 1 is 1.12 bits per heavy atom. The van der Waals surface area contributed by atoms with Crippen molar-refractivity contribution in [3.8, 4) is 5.75 Å². The van der Waals surface area contributed by atoms with Gasteiger partial charge in [-0.1, -0.05) is 44.5 Å². The number of rotatable bonds is 8. The van der Waals surface area contributed by atoms with Gasteiger partial charge in [-0.2, -0.15) is 0 Å². The zero-order valence-corrected chi connectivity index (χ0v) is 24.5. The normalized spacial score (nSPS) is 22.5. The number of halogens is 1. The molecule has 1 fully saturated rings. The number of ether oxygens (including phenoxy) is 1. The molecule has 2 aliphatic rings. The first kappa shape index (κ1) is 31.0. The van der Waals surface area contributed by atoms with Crippen LogP contribution in [-0.4, -0.2) is 48.8 Å². The third kappa shape index (κ3) is 9.27. The van der Waals surface area contributed by atoms with Crippen LogP contribution in [0.3, 0.4) is 0 Å². The van der Waals surface area contributed by atoms with Gasteiger partial charge in [-0.05, 0) is 79.7 Å².